The van der Waals surface area contributed by atoms with Gasteiger partial charge in [-0.3, -0.25) is 4.79 Å². The number of carbonyl (C=O) groups is 1. The van der Waals surface area contributed by atoms with Crippen molar-refractivity contribution >= 4 is 11.6 Å². The number of ether oxygens (including phenoxy) is 1. The van der Waals surface area contributed by atoms with Crippen LogP contribution in [0.4, 0.5) is 18.9 Å². The maximum Gasteiger partial charge on any atom is 0.416 e. The second-order valence-corrected chi connectivity index (χ2v) is 11.5. The highest BCUT2D eigenvalue weighted by molar-refractivity contribution is 6.10. The second kappa shape index (κ2) is 8.91. The monoisotopic (exact) mass is 527 g/mol. The molecule has 1 saturated carbocycles. The Kier molecular flexibility index (Phi) is 6.18. The van der Waals surface area contributed by atoms with E-state index < -0.39 is 34.5 Å². The van der Waals surface area contributed by atoms with E-state index in [9.17, 15) is 18.0 Å². The van der Waals surface area contributed by atoms with Crippen LogP contribution in [0.2, 0.25) is 0 Å². The lowest BCUT2D eigenvalue weighted by molar-refractivity contribution is -0.138. The second-order valence-electron chi connectivity index (χ2n) is 11.5. The number of aryl methyl sites for hydroxylation is 1. The van der Waals surface area contributed by atoms with Crippen LogP contribution in [0.5, 0.6) is 0 Å². The van der Waals surface area contributed by atoms with Crippen LogP contribution in [0.25, 0.3) is 0 Å². The fourth-order valence-electron chi connectivity index (χ4n) is 5.69. The Labute approximate surface area is 219 Å². The molecule has 0 saturated heterocycles. The number of alkyl halides is 3. The van der Waals surface area contributed by atoms with Gasteiger partial charge in [-0.05, 0) is 59.2 Å². The molecule has 0 bridgehead atoms. The Balaban J connectivity index is 1.56. The zero-order valence-electron chi connectivity index (χ0n) is 22.1. The first-order valence-corrected chi connectivity index (χ1v) is 12.6. The number of benzene rings is 2. The van der Waals surface area contributed by atoms with Crippen LogP contribution in [0.3, 0.4) is 0 Å². The summed E-state index contributed by atoms with van der Waals surface area (Å²) in [6.07, 6.45) is -1.57. The Morgan fingerprint density at radius 1 is 1.16 bits per heavy atom. The van der Waals surface area contributed by atoms with Gasteiger partial charge in [0.1, 0.15) is 12.2 Å². The first-order valence-electron chi connectivity index (χ1n) is 12.6. The molecule has 2 aliphatic rings. The molecular weight excluding hydrogens is 495 g/mol. The molecular formula is C28H32F3N5O2. The smallest absolute Gasteiger partial charge is 0.381 e. The quantitative estimate of drug-likeness (QED) is 0.497. The molecule has 3 aromatic rings. The van der Waals surface area contributed by atoms with Crippen LogP contribution in [0.15, 0.2) is 42.7 Å². The van der Waals surface area contributed by atoms with Gasteiger partial charge in [-0.25, -0.2) is 0 Å². The van der Waals surface area contributed by atoms with Gasteiger partial charge in [0.05, 0.1) is 23.6 Å². The topological polar surface area (TPSA) is 86.3 Å². The van der Waals surface area contributed by atoms with Crippen molar-refractivity contribution < 1.29 is 22.7 Å². The summed E-state index contributed by atoms with van der Waals surface area (Å²) >= 11 is 0. The van der Waals surface area contributed by atoms with Crippen molar-refractivity contribution in [3.05, 3.63) is 76.4 Å². The number of amides is 1. The molecule has 2 aromatic carbocycles. The van der Waals surface area contributed by atoms with E-state index in [0.717, 1.165) is 17.5 Å². The largest absolute Gasteiger partial charge is 0.416 e. The lowest BCUT2D eigenvalue weighted by Crippen LogP contribution is -2.48. The number of fused-ring (bicyclic) bond motifs is 1. The highest BCUT2D eigenvalue weighted by Gasteiger charge is 2.50. The summed E-state index contributed by atoms with van der Waals surface area (Å²) in [7, 11) is 3.54. The van der Waals surface area contributed by atoms with E-state index in [4.69, 9.17) is 10.5 Å². The van der Waals surface area contributed by atoms with Gasteiger partial charge in [0.15, 0.2) is 0 Å². The van der Waals surface area contributed by atoms with E-state index in [1.807, 2.05) is 50.6 Å². The summed E-state index contributed by atoms with van der Waals surface area (Å²) in [6, 6.07) is 9.37. The molecule has 0 radical (unpaired) electrons. The molecule has 10 heteroatoms. The summed E-state index contributed by atoms with van der Waals surface area (Å²) in [5, 5.41) is 8.40. The molecule has 7 nitrogen and oxygen atoms in total. The zero-order chi connectivity index (χ0) is 27.6. The third kappa shape index (κ3) is 4.19. The van der Waals surface area contributed by atoms with Crippen molar-refractivity contribution in [3.8, 4) is 0 Å². The van der Waals surface area contributed by atoms with Crippen molar-refractivity contribution in [1.29, 1.82) is 0 Å². The van der Waals surface area contributed by atoms with Crippen molar-refractivity contribution in [2.75, 3.05) is 12.0 Å². The molecule has 1 fully saturated rings. The normalized spacial score (nSPS) is 22.4. The highest BCUT2D eigenvalue weighted by Crippen LogP contribution is 2.50. The Bertz CT molecular complexity index is 1390. The highest BCUT2D eigenvalue weighted by atomic mass is 19.4. The van der Waals surface area contributed by atoms with E-state index >= 15 is 0 Å². The summed E-state index contributed by atoms with van der Waals surface area (Å²) in [4.78, 5) is 15.0. The van der Waals surface area contributed by atoms with Gasteiger partial charge in [0.25, 0.3) is 5.91 Å². The van der Waals surface area contributed by atoms with Gasteiger partial charge in [-0.2, -0.15) is 13.2 Å². The number of anilines is 1. The zero-order valence-corrected chi connectivity index (χ0v) is 22.1. The predicted octanol–water partition coefficient (Wildman–Crippen LogP) is 5.14. The first-order chi connectivity index (χ1) is 17.8. The van der Waals surface area contributed by atoms with E-state index in [0.29, 0.717) is 24.1 Å². The number of rotatable bonds is 5. The van der Waals surface area contributed by atoms with Gasteiger partial charge in [-0.15, -0.1) is 10.2 Å². The molecule has 0 spiro atoms. The van der Waals surface area contributed by atoms with E-state index in [-0.39, 0.29) is 23.8 Å². The molecule has 1 aliphatic carbocycles. The maximum absolute atomic E-state index is 14.2. The number of hydrogen-bond donors (Lipinski definition) is 1. The fraction of sp³-hybridized carbons (Fsp3) is 0.464. The minimum absolute atomic E-state index is 0.0242. The number of hydrogen-bond acceptors (Lipinski definition) is 5. The lowest BCUT2D eigenvalue weighted by atomic mass is 9.62. The molecule has 1 aliphatic heterocycles. The van der Waals surface area contributed by atoms with Gasteiger partial charge in [-0.1, -0.05) is 32.9 Å². The lowest BCUT2D eigenvalue weighted by Gasteiger charge is -2.46. The molecule has 202 valence electrons. The molecule has 2 heterocycles. The SMILES string of the molecule is CO[C@H]1C[C@](c2cccc(N3Cc4c(cc([C@@H](N)C(C)(C)C)cc4C(F)(F)F)C3=O)c2)(c2nncn2C)C1. The minimum atomic E-state index is -4.62. The van der Waals surface area contributed by atoms with Crippen LogP contribution in [-0.4, -0.2) is 33.9 Å². The van der Waals surface area contributed by atoms with Gasteiger partial charge >= 0.3 is 6.18 Å². The van der Waals surface area contributed by atoms with Crippen LogP contribution in [-0.2, 0) is 29.9 Å². The minimum Gasteiger partial charge on any atom is -0.381 e. The molecule has 38 heavy (non-hydrogen) atoms. The van der Waals surface area contributed by atoms with E-state index in [1.165, 1.54) is 11.0 Å². The van der Waals surface area contributed by atoms with E-state index in [1.54, 1.807) is 19.5 Å². The number of halogens is 3. The van der Waals surface area contributed by atoms with Gasteiger partial charge < -0.3 is 19.9 Å². The third-order valence-corrected chi connectivity index (χ3v) is 8.00. The molecule has 0 unspecified atom stereocenters. The number of nitrogens with zero attached hydrogens (tertiary/aromatic N) is 4. The van der Waals surface area contributed by atoms with Crippen molar-refractivity contribution in [2.45, 2.75) is 63.9 Å². The summed E-state index contributed by atoms with van der Waals surface area (Å²) < 4.78 is 50.0. The maximum atomic E-state index is 14.2. The molecule has 1 aromatic heterocycles. The van der Waals surface area contributed by atoms with Crippen molar-refractivity contribution in [1.82, 2.24) is 14.8 Å². The molecule has 2 N–H and O–H groups in total. The Hall–Kier alpha value is -3.24. The molecule has 1 atom stereocenters. The Morgan fingerprint density at radius 2 is 1.87 bits per heavy atom. The van der Waals surface area contributed by atoms with Crippen molar-refractivity contribution in [3.63, 3.8) is 0 Å². The predicted molar refractivity (Wildman–Crippen MR) is 137 cm³/mol. The van der Waals surface area contributed by atoms with Crippen LogP contribution in [0.1, 0.15) is 78.1 Å². The first kappa shape index (κ1) is 26.4. The number of carbonyl (C=O) groups excluding carboxylic acids is 1. The summed E-state index contributed by atoms with van der Waals surface area (Å²) in [6.45, 7) is 5.41. The van der Waals surface area contributed by atoms with E-state index in [2.05, 4.69) is 10.2 Å². The van der Waals surface area contributed by atoms with Crippen LogP contribution in [0, 0.1) is 5.41 Å². The van der Waals surface area contributed by atoms with Crippen LogP contribution < -0.4 is 10.6 Å². The number of methoxy groups -OCH3 is 1. The number of nitrogens with two attached hydrogens (primary N) is 1. The molecule has 1 amide bonds. The Morgan fingerprint density at radius 3 is 2.45 bits per heavy atom. The van der Waals surface area contributed by atoms with Gasteiger partial charge in [0, 0.05) is 31.5 Å². The summed E-state index contributed by atoms with van der Waals surface area (Å²) in [5.41, 5.74) is 6.32. The van der Waals surface area contributed by atoms with Crippen molar-refractivity contribution in [2.24, 2.45) is 18.2 Å². The standard InChI is InChI=1S/C28H32F3N5O2/c1-26(2,3)23(32)16-9-20-21(22(10-16)28(29,30)31)14-36(24(20)37)18-8-6-7-17(11-18)27(12-19(13-27)38-5)25-34-33-15-35(25)4/h6-11,15,19,23H,12-14,32H2,1-5H3/t19-,23-,27-/m1/s1. The van der Waals surface area contributed by atoms with Gasteiger partial charge in [0.2, 0.25) is 0 Å². The van der Waals surface area contributed by atoms with Crippen LogP contribution >= 0.6 is 0 Å². The average Bonchev–Trinajstić information content (AvgIpc) is 3.40. The number of aromatic nitrogens is 3. The third-order valence-electron chi connectivity index (χ3n) is 8.00. The fourth-order valence-corrected chi connectivity index (χ4v) is 5.69. The summed E-state index contributed by atoms with van der Waals surface area (Å²) in [5.74, 6) is 0.306. The molecule has 5 rings (SSSR count). The average molecular weight is 528 g/mol.